The van der Waals surface area contributed by atoms with Gasteiger partial charge < -0.3 is 86.4 Å². The number of amides is 2. The molecule has 404 valence electrons. The molecular formula is C47H77N5O18S. The predicted octanol–water partition coefficient (Wildman–Crippen LogP) is -2.16. The number of urea groups is 1. The third-order valence-electron chi connectivity index (χ3n) is 11.8. The lowest BCUT2D eigenvalue weighted by Crippen LogP contribution is -2.63. The summed E-state index contributed by atoms with van der Waals surface area (Å²) >= 11 is 0. The third kappa shape index (κ3) is 24.2. The van der Waals surface area contributed by atoms with Crippen LogP contribution in [0.5, 0.6) is 0 Å². The number of aliphatic hydroxyl groups is 10. The van der Waals surface area contributed by atoms with Crippen LogP contribution in [0.25, 0.3) is 0 Å². The van der Waals surface area contributed by atoms with Crippen LogP contribution in [0, 0.1) is 5.92 Å². The number of aliphatic hydroxyl groups excluding tert-OH is 9. The molecule has 0 spiro atoms. The van der Waals surface area contributed by atoms with E-state index in [1.54, 1.807) is 85.9 Å². The number of allylic oxidation sites excluding steroid dienone is 12. The Labute approximate surface area is 415 Å². The van der Waals surface area contributed by atoms with E-state index in [9.17, 15) is 69.1 Å². The topological polar surface area (TPSA) is 396 Å². The minimum atomic E-state index is -4.06. The van der Waals surface area contributed by atoms with Gasteiger partial charge in [-0.1, -0.05) is 92.0 Å². The SMILES string of the molecule is C[C@H]1C[C@H](O)[C@@H](C)/C=C/C=C/C=C/C=C/C=C/C=C/C=C/[C@H](O[C@@H]2OC[C@@H](O)[C@H](N)[C@@H]2O)C[C@@H]2O[C@](O)(C[C@@H](O)C[C@@H](O)[C@H](O)CC[C@@H](O)C[C@@H](O)CC(=O)O1)C[C@H](O)[C@H]2NC(=O)NCCNS(N)(=O)=O. The minimum Gasteiger partial charge on any atom is -0.462 e. The molecule has 3 rings (SSSR count). The van der Waals surface area contributed by atoms with Crippen LogP contribution in [0.15, 0.2) is 85.1 Å². The molecule has 17 atom stereocenters. The molecule has 2 saturated heterocycles. The number of carbonyl (C=O) groups excluding carboxylic acids is 2. The highest BCUT2D eigenvalue weighted by Gasteiger charge is 2.48. The fraction of sp³-hybridized carbons (Fsp3) is 0.660. The molecule has 2 bridgehead atoms. The Bertz CT molecular complexity index is 1940. The number of hydrogen-bond acceptors (Lipinski definition) is 19. The minimum absolute atomic E-state index is 0.123. The largest absolute Gasteiger partial charge is 0.462 e. The Morgan fingerprint density at radius 2 is 1.34 bits per heavy atom. The molecule has 23 nitrogen and oxygen atoms in total. The van der Waals surface area contributed by atoms with Crippen molar-refractivity contribution in [2.24, 2.45) is 16.8 Å². The number of hydrogen-bond donors (Lipinski definition) is 15. The van der Waals surface area contributed by atoms with Gasteiger partial charge in [-0.05, 0) is 26.2 Å². The Kier molecular flexibility index (Phi) is 26.9. The van der Waals surface area contributed by atoms with Gasteiger partial charge in [-0.2, -0.15) is 8.42 Å². The van der Waals surface area contributed by atoms with Crippen LogP contribution in [0.4, 0.5) is 4.79 Å². The number of rotatable bonds is 7. The monoisotopic (exact) mass is 1030 g/mol. The molecule has 0 aromatic carbocycles. The summed E-state index contributed by atoms with van der Waals surface area (Å²) in [6.07, 6.45) is 4.54. The molecule has 17 N–H and O–H groups in total. The first-order valence-electron chi connectivity index (χ1n) is 23.7. The van der Waals surface area contributed by atoms with Crippen LogP contribution in [-0.4, -0.2) is 189 Å². The molecule has 3 heterocycles. The van der Waals surface area contributed by atoms with Crippen molar-refractivity contribution in [3.8, 4) is 0 Å². The Balaban J connectivity index is 1.90. The number of ether oxygens (including phenoxy) is 4. The van der Waals surface area contributed by atoms with Gasteiger partial charge in [0.25, 0.3) is 10.2 Å². The van der Waals surface area contributed by atoms with Crippen molar-refractivity contribution in [1.29, 1.82) is 0 Å². The van der Waals surface area contributed by atoms with Crippen molar-refractivity contribution in [2.45, 2.75) is 169 Å². The molecule has 3 aliphatic heterocycles. The van der Waals surface area contributed by atoms with E-state index in [2.05, 4.69) is 10.6 Å². The number of nitrogens with two attached hydrogens (primary N) is 2. The van der Waals surface area contributed by atoms with E-state index < -0.39 is 145 Å². The second-order valence-corrected chi connectivity index (χ2v) is 19.6. The Morgan fingerprint density at radius 3 is 1.96 bits per heavy atom. The van der Waals surface area contributed by atoms with Crippen LogP contribution in [-0.2, 0) is 34.0 Å². The van der Waals surface area contributed by atoms with E-state index in [-0.39, 0.29) is 57.7 Å². The van der Waals surface area contributed by atoms with E-state index in [1.807, 2.05) is 11.6 Å². The number of cyclic esters (lactones) is 1. The predicted molar refractivity (Wildman–Crippen MR) is 258 cm³/mol. The highest BCUT2D eigenvalue weighted by atomic mass is 32.2. The molecule has 0 aromatic rings. The normalized spacial score (nSPS) is 40.7. The smallest absolute Gasteiger partial charge is 0.315 e. The van der Waals surface area contributed by atoms with E-state index >= 15 is 0 Å². The van der Waals surface area contributed by atoms with E-state index in [1.165, 1.54) is 6.08 Å². The summed E-state index contributed by atoms with van der Waals surface area (Å²) in [5.41, 5.74) is 5.99. The highest BCUT2D eigenvalue weighted by Crippen LogP contribution is 2.35. The van der Waals surface area contributed by atoms with E-state index in [0.29, 0.717) is 0 Å². The first kappa shape index (κ1) is 61.5. The van der Waals surface area contributed by atoms with Crippen molar-refractivity contribution in [1.82, 2.24) is 15.4 Å². The number of carbonyl (C=O) groups is 2. The van der Waals surface area contributed by atoms with Crippen LogP contribution in [0.3, 0.4) is 0 Å². The third-order valence-corrected chi connectivity index (χ3v) is 12.4. The summed E-state index contributed by atoms with van der Waals surface area (Å²) in [7, 11) is -4.06. The zero-order valence-corrected chi connectivity index (χ0v) is 40.9. The highest BCUT2D eigenvalue weighted by molar-refractivity contribution is 7.87. The van der Waals surface area contributed by atoms with Gasteiger partial charge in [-0.25, -0.2) is 14.7 Å². The quantitative estimate of drug-likeness (QED) is 0.0954. The van der Waals surface area contributed by atoms with Crippen molar-refractivity contribution < 1.29 is 88.0 Å². The number of esters is 1. The van der Waals surface area contributed by atoms with Gasteiger partial charge >= 0.3 is 12.0 Å². The molecule has 0 unspecified atom stereocenters. The van der Waals surface area contributed by atoms with Crippen LogP contribution >= 0.6 is 0 Å². The van der Waals surface area contributed by atoms with Crippen LogP contribution in [0.1, 0.15) is 71.6 Å². The molecule has 0 radical (unpaired) electrons. The van der Waals surface area contributed by atoms with Gasteiger partial charge in [-0.3, -0.25) is 4.79 Å². The van der Waals surface area contributed by atoms with Gasteiger partial charge in [0.05, 0.1) is 86.2 Å². The first-order chi connectivity index (χ1) is 33.4. The maximum absolute atomic E-state index is 13.1. The zero-order valence-electron chi connectivity index (χ0n) is 40.1. The summed E-state index contributed by atoms with van der Waals surface area (Å²) in [6.45, 7) is 2.63. The van der Waals surface area contributed by atoms with Crippen molar-refractivity contribution in [3.05, 3.63) is 85.1 Å². The first-order valence-corrected chi connectivity index (χ1v) is 25.2. The Morgan fingerprint density at radius 1 is 0.732 bits per heavy atom. The summed E-state index contributed by atoms with van der Waals surface area (Å²) in [5, 5.41) is 119. The van der Waals surface area contributed by atoms with Gasteiger partial charge in [0, 0.05) is 51.1 Å². The molecule has 2 amide bonds. The summed E-state index contributed by atoms with van der Waals surface area (Å²) in [4.78, 5) is 25.6. The van der Waals surface area contributed by atoms with Crippen LogP contribution < -0.4 is 26.2 Å². The second kappa shape index (κ2) is 31.1. The molecule has 0 aromatic heterocycles. The van der Waals surface area contributed by atoms with Gasteiger partial charge in [0.1, 0.15) is 12.2 Å². The molecule has 24 heteroatoms. The maximum atomic E-state index is 13.1. The lowest BCUT2D eigenvalue weighted by Gasteiger charge is -2.46. The maximum Gasteiger partial charge on any atom is 0.315 e. The molecular weight excluding hydrogens is 955 g/mol. The average Bonchev–Trinajstić information content (AvgIpc) is 3.27. The van der Waals surface area contributed by atoms with Gasteiger partial charge in [0.15, 0.2) is 12.1 Å². The van der Waals surface area contributed by atoms with Crippen molar-refractivity contribution in [3.63, 3.8) is 0 Å². The van der Waals surface area contributed by atoms with E-state index in [0.717, 1.165) is 0 Å². The Hall–Kier alpha value is -3.77. The molecule has 71 heavy (non-hydrogen) atoms. The molecule has 0 aliphatic carbocycles. The van der Waals surface area contributed by atoms with E-state index in [4.69, 9.17) is 29.8 Å². The zero-order chi connectivity index (χ0) is 52.7. The summed E-state index contributed by atoms with van der Waals surface area (Å²) in [5.74, 6) is -3.34. The second-order valence-electron chi connectivity index (χ2n) is 18.2. The van der Waals surface area contributed by atoms with Gasteiger partial charge in [-0.15, -0.1) is 0 Å². The number of fused-ring (bicyclic) bond motifs is 2. The fourth-order valence-electron chi connectivity index (χ4n) is 7.93. The fourth-order valence-corrected chi connectivity index (χ4v) is 8.31. The summed E-state index contributed by atoms with van der Waals surface area (Å²) in [6, 6.07) is -3.34. The standard InChI is InChI=1S/C47H77N5O18S/c1-29-15-13-11-9-7-5-3-4-6-8-10-12-14-16-34(69-45-44(62)42(48)39(60)28-67-45)25-40-43(52-46(63)50-19-20-51-71(49,65)66)38(59)27-47(64,70-40)26-33(55)23-37(58)35(56)18-17-31(53)22-32(54)24-41(61)68-30(2)21-36(29)57/h3-16,29-40,42-45,51,53-60,62,64H,17-28,48H2,1-2H3,(H2,49,65,66)(H2,50,52,63)/b4-3+,7-5+,8-6+,11-9+,12-10+,15-13+,16-14+/t29-,30-,31+,32+,33-,34-,35+,36-,37+,38-,39+,40-,42-,43+,44-,45-,47+/m0/s1. The summed E-state index contributed by atoms with van der Waals surface area (Å²) < 4.78 is 47.7. The van der Waals surface area contributed by atoms with Crippen LogP contribution in [0.2, 0.25) is 0 Å². The molecule has 0 saturated carbocycles. The van der Waals surface area contributed by atoms with Crippen molar-refractivity contribution >= 4 is 22.2 Å². The van der Waals surface area contributed by atoms with Gasteiger partial charge in [0.2, 0.25) is 0 Å². The lowest BCUT2D eigenvalue weighted by atomic mass is 9.87. The molecule has 2 fully saturated rings. The number of nitrogens with one attached hydrogen (secondary N) is 3. The average molecular weight is 1030 g/mol. The molecule has 3 aliphatic rings. The van der Waals surface area contributed by atoms with Crippen molar-refractivity contribution in [2.75, 3.05) is 19.7 Å². The lowest BCUT2D eigenvalue weighted by molar-refractivity contribution is -0.299.